The van der Waals surface area contributed by atoms with Crippen LogP contribution in [0.15, 0.2) is 39.3 Å². The normalized spacial score (nSPS) is 10.9. The number of aryl methyl sites for hydroxylation is 1. The SMILES string of the molecule is O=C(O)CCC=CCCc1ccc(Br)cc1Br. The van der Waals surface area contributed by atoms with E-state index < -0.39 is 5.97 Å². The average Bonchev–Trinajstić information content (AvgIpc) is 2.25. The molecule has 0 aliphatic rings. The summed E-state index contributed by atoms with van der Waals surface area (Å²) < 4.78 is 2.16. The van der Waals surface area contributed by atoms with Gasteiger partial charge in [0.05, 0.1) is 0 Å². The van der Waals surface area contributed by atoms with Gasteiger partial charge in [-0.2, -0.15) is 0 Å². The topological polar surface area (TPSA) is 37.3 Å². The number of allylic oxidation sites excluding steroid dienone is 2. The van der Waals surface area contributed by atoms with Crippen LogP contribution in [0, 0.1) is 0 Å². The van der Waals surface area contributed by atoms with Gasteiger partial charge in [-0.25, -0.2) is 0 Å². The first-order chi connectivity index (χ1) is 8.09. The summed E-state index contributed by atoms with van der Waals surface area (Å²) in [6.45, 7) is 0. The standard InChI is InChI=1S/C13H14Br2O2/c14-11-8-7-10(12(15)9-11)5-3-1-2-4-6-13(16)17/h1-2,7-9H,3-6H2,(H,16,17). The fourth-order valence-corrected chi connectivity index (χ4v) is 2.65. The molecule has 0 saturated heterocycles. The van der Waals surface area contributed by atoms with Crippen LogP contribution < -0.4 is 0 Å². The van der Waals surface area contributed by atoms with Crippen molar-refractivity contribution in [2.24, 2.45) is 0 Å². The Kier molecular flexibility index (Phi) is 6.52. The Morgan fingerprint density at radius 3 is 2.59 bits per heavy atom. The molecule has 92 valence electrons. The van der Waals surface area contributed by atoms with Crippen LogP contribution in [0.2, 0.25) is 0 Å². The highest BCUT2D eigenvalue weighted by Crippen LogP contribution is 2.23. The molecule has 17 heavy (non-hydrogen) atoms. The smallest absolute Gasteiger partial charge is 0.303 e. The number of benzene rings is 1. The second-order valence-electron chi connectivity index (χ2n) is 3.68. The molecule has 1 rings (SSSR count). The number of aliphatic carboxylic acids is 1. The number of carboxylic acid groups (broad SMARTS) is 1. The van der Waals surface area contributed by atoms with Crippen molar-refractivity contribution < 1.29 is 9.90 Å². The number of halogens is 2. The Bertz CT molecular complexity index is 414. The van der Waals surface area contributed by atoms with E-state index in [0.717, 1.165) is 21.8 Å². The van der Waals surface area contributed by atoms with E-state index in [1.165, 1.54) is 5.56 Å². The van der Waals surface area contributed by atoms with Gasteiger partial charge in [0.2, 0.25) is 0 Å². The Balaban J connectivity index is 2.33. The molecule has 0 aliphatic heterocycles. The largest absolute Gasteiger partial charge is 0.481 e. The summed E-state index contributed by atoms with van der Waals surface area (Å²) in [5.74, 6) is -0.745. The molecule has 1 N–H and O–H groups in total. The molecular formula is C13H14Br2O2. The second kappa shape index (κ2) is 7.67. The third kappa shape index (κ3) is 6.03. The molecule has 0 heterocycles. The summed E-state index contributed by atoms with van der Waals surface area (Å²) in [7, 11) is 0. The van der Waals surface area contributed by atoms with E-state index >= 15 is 0 Å². The minimum absolute atomic E-state index is 0.207. The van der Waals surface area contributed by atoms with E-state index in [2.05, 4.69) is 37.9 Å². The van der Waals surface area contributed by atoms with Crippen LogP contribution in [-0.4, -0.2) is 11.1 Å². The lowest BCUT2D eigenvalue weighted by Gasteiger charge is -2.02. The molecule has 0 amide bonds. The van der Waals surface area contributed by atoms with Crippen LogP contribution in [0.4, 0.5) is 0 Å². The van der Waals surface area contributed by atoms with Crippen molar-refractivity contribution in [2.75, 3.05) is 0 Å². The van der Waals surface area contributed by atoms with Crippen molar-refractivity contribution in [3.63, 3.8) is 0 Å². The maximum absolute atomic E-state index is 10.3. The summed E-state index contributed by atoms with van der Waals surface area (Å²) in [6.07, 6.45) is 6.67. The maximum atomic E-state index is 10.3. The third-order valence-corrected chi connectivity index (χ3v) is 3.52. The summed E-state index contributed by atoms with van der Waals surface area (Å²) in [4.78, 5) is 10.3. The monoisotopic (exact) mass is 360 g/mol. The van der Waals surface area contributed by atoms with Gasteiger partial charge in [-0.3, -0.25) is 4.79 Å². The Morgan fingerprint density at radius 2 is 1.94 bits per heavy atom. The number of hydrogen-bond acceptors (Lipinski definition) is 1. The highest BCUT2D eigenvalue weighted by atomic mass is 79.9. The summed E-state index contributed by atoms with van der Waals surface area (Å²) in [5.41, 5.74) is 1.26. The van der Waals surface area contributed by atoms with Crippen LogP contribution >= 0.6 is 31.9 Å². The first kappa shape index (κ1) is 14.5. The Labute approximate surface area is 118 Å². The minimum Gasteiger partial charge on any atom is -0.481 e. The van der Waals surface area contributed by atoms with Gasteiger partial charge in [0.1, 0.15) is 0 Å². The van der Waals surface area contributed by atoms with E-state index in [1.807, 2.05) is 24.3 Å². The molecular weight excluding hydrogens is 348 g/mol. The number of hydrogen-bond donors (Lipinski definition) is 1. The van der Waals surface area contributed by atoms with Gasteiger partial charge < -0.3 is 5.11 Å². The number of carboxylic acids is 1. The lowest BCUT2D eigenvalue weighted by atomic mass is 10.1. The molecule has 0 spiro atoms. The lowest BCUT2D eigenvalue weighted by Crippen LogP contribution is -1.91. The maximum Gasteiger partial charge on any atom is 0.303 e. The van der Waals surface area contributed by atoms with Crippen LogP contribution in [0.1, 0.15) is 24.8 Å². The number of carbonyl (C=O) groups is 1. The van der Waals surface area contributed by atoms with Crippen LogP contribution in [-0.2, 0) is 11.2 Å². The number of rotatable bonds is 6. The molecule has 1 aromatic carbocycles. The molecule has 0 unspecified atom stereocenters. The molecule has 2 nitrogen and oxygen atoms in total. The molecule has 0 fully saturated rings. The first-order valence-corrected chi connectivity index (χ1v) is 6.99. The highest BCUT2D eigenvalue weighted by molar-refractivity contribution is 9.11. The molecule has 1 aromatic rings. The van der Waals surface area contributed by atoms with Crippen molar-refractivity contribution >= 4 is 37.8 Å². The van der Waals surface area contributed by atoms with Crippen molar-refractivity contribution in [3.05, 3.63) is 44.9 Å². The van der Waals surface area contributed by atoms with E-state index in [1.54, 1.807) is 0 Å². The zero-order chi connectivity index (χ0) is 12.7. The zero-order valence-electron chi connectivity index (χ0n) is 9.33. The summed E-state index contributed by atoms with van der Waals surface area (Å²) in [6, 6.07) is 6.14. The lowest BCUT2D eigenvalue weighted by molar-refractivity contribution is -0.136. The van der Waals surface area contributed by atoms with Crippen molar-refractivity contribution in [3.8, 4) is 0 Å². The van der Waals surface area contributed by atoms with Crippen LogP contribution in [0.3, 0.4) is 0 Å². The van der Waals surface area contributed by atoms with Gasteiger partial charge in [-0.1, -0.05) is 50.1 Å². The average molecular weight is 362 g/mol. The van der Waals surface area contributed by atoms with Gasteiger partial charge >= 0.3 is 5.97 Å². The molecule has 0 saturated carbocycles. The summed E-state index contributed by atoms with van der Waals surface area (Å²) in [5, 5.41) is 8.47. The highest BCUT2D eigenvalue weighted by Gasteiger charge is 1.99. The molecule has 0 aliphatic carbocycles. The Hall–Kier alpha value is -0.610. The van der Waals surface area contributed by atoms with Crippen LogP contribution in [0.25, 0.3) is 0 Å². The Morgan fingerprint density at radius 1 is 1.24 bits per heavy atom. The van der Waals surface area contributed by atoms with Crippen molar-refractivity contribution in [1.82, 2.24) is 0 Å². The van der Waals surface area contributed by atoms with Gasteiger partial charge in [-0.15, -0.1) is 0 Å². The third-order valence-electron chi connectivity index (χ3n) is 2.29. The quantitative estimate of drug-likeness (QED) is 0.754. The van der Waals surface area contributed by atoms with Crippen molar-refractivity contribution in [1.29, 1.82) is 0 Å². The van der Waals surface area contributed by atoms with Gasteiger partial charge in [0, 0.05) is 15.4 Å². The van der Waals surface area contributed by atoms with Crippen LogP contribution in [0.5, 0.6) is 0 Å². The molecule has 0 aromatic heterocycles. The van der Waals surface area contributed by atoms with Gasteiger partial charge in [-0.05, 0) is 37.0 Å². The minimum atomic E-state index is -0.745. The first-order valence-electron chi connectivity index (χ1n) is 5.40. The van der Waals surface area contributed by atoms with E-state index in [9.17, 15) is 4.79 Å². The van der Waals surface area contributed by atoms with E-state index in [-0.39, 0.29) is 6.42 Å². The second-order valence-corrected chi connectivity index (χ2v) is 5.45. The van der Waals surface area contributed by atoms with Crippen molar-refractivity contribution in [2.45, 2.75) is 25.7 Å². The van der Waals surface area contributed by atoms with E-state index in [4.69, 9.17) is 5.11 Å². The fraction of sp³-hybridized carbons (Fsp3) is 0.308. The molecule has 4 heteroatoms. The van der Waals surface area contributed by atoms with E-state index in [0.29, 0.717) is 6.42 Å². The predicted octanol–water partition coefficient (Wildman–Crippen LogP) is 4.57. The summed E-state index contributed by atoms with van der Waals surface area (Å²) >= 11 is 6.93. The fourth-order valence-electron chi connectivity index (χ4n) is 1.41. The predicted molar refractivity (Wildman–Crippen MR) is 76.2 cm³/mol. The molecule has 0 bridgehead atoms. The zero-order valence-corrected chi connectivity index (χ0v) is 12.5. The molecule has 0 radical (unpaired) electrons. The van der Waals surface area contributed by atoms with Gasteiger partial charge in [0.15, 0.2) is 0 Å². The van der Waals surface area contributed by atoms with Gasteiger partial charge in [0.25, 0.3) is 0 Å². The molecule has 0 atom stereocenters.